The molecule has 1 aliphatic heterocycles. The van der Waals surface area contributed by atoms with Crippen LogP contribution < -0.4 is 19.1 Å². The van der Waals surface area contributed by atoms with E-state index in [1.807, 2.05) is 19.9 Å². The summed E-state index contributed by atoms with van der Waals surface area (Å²) in [5.74, 6) is 0.562. The molecule has 0 bridgehead atoms. The molecular weight excluding hydrogens is 488 g/mol. The number of sulfonamides is 1. The minimum atomic E-state index is -3.96. The molecule has 0 spiro atoms. The molecule has 0 unspecified atom stereocenters. The van der Waals surface area contributed by atoms with Gasteiger partial charge in [0.25, 0.3) is 15.9 Å². The number of aryl methyl sites for hydroxylation is 3. The van der Waals surface area contributed by atoms with Crippen LogP contribution in [0.4, 0.5) is 5.69 Å². The largest absolute Gasteiger partial charge is 0.497 e. The molecule has 0 saturated heterocycles. The van der Waals surface area contributed by atoms with E-state index in [2.05, 4.69) is 23.5 Å². The second kappa shape index (κ2) is 10.1. The first-order valence-electron chi connectivity index (χ1n) is 12.6. The van der Waals surface area contributed by atoms with E-state index in [9.17, 15) is 13.2 Å². The lowest BCUT2D eigenvalue weighted by atomic mass is 9.89. The Hall–Kier alpha value is -3.52. The Morgan fingerprint density at radius 3 is 2.49 bits per heavy atom. The van der Waals surface area contributed by atoms with Gasteiger partial charge in [-0.3, -0.25) is 9.10 Å². The number of rotatable bonds is 6. The minimum absolute atomic E-state index is 0.115. The molecule has 5 rings (SSSR count). The van der Waals surface area contributed by atoms with Crippen molar-refractivity contribution in [3.8, 4) is 11.5 Å². The van der Waals surface area contributed by atoms with E-state index >= 15 is 0 Å². The van der Waals surface area contributed by atoms with E-state index in [1.165, 1.54) is 47.5 Å². The average molecular weight is 521 g/mol. The zero-order valence-electron chi connectivity index (χ0n) is 21.4. The number of methoxy groups -OCH3 is 1. The number of amides is 1. The number of hydrogen-bond acceptors (Lipinski definition) is 5. The van der Waals surface area contributed by atoms with Gasteiger partial charge in [0.1, 0.15) is 11.5 Å². The SMILES string of the molecule is COc1ccc(S(=O)(=O)N2C[C@H](C(=O)N[C@@H](C)c3ccc4c(c3)CCCC4)Oc3ccc(C)cc32)cc1. The van der Waals surface area contributed by atoms with Crippen molar-refractivity contribution >= 4 is 21.6 Å². The van der Waals surface area contributed by atoms with E-state index in [4.69, 9.17) is 9.47 Å². The lowest BCUT2D eigenvalue weighted by Crippen LogP contribution is -2.51. The van der Waals surface area contributed by atoms with Crippen LogP contribution in [0.2, 0.25) is 0 Å². The summed E-state index contributed by atoms with van der Waals surface area (Å²) in [6.07, 6.45) is 3.57. The van der Waals surface area contributed by atoms with Gasteiger partial charge < -0.3 is 14.8 Å². The Balaban J connectivity index is 1.40. The summed E-state index contributed by atoms with van der Waals surface area (Å²) in [4.78, 5) is 13.5. The number of benzene rings is 3. The highest BCUT2D eigenvalue weighted by Crippen LogP contribution is 2.38. The number of nitrogens with zero attached hydrogens (tertiary/aromatic N) is 1. The molecule has 1 N–H and O–H groups in total. The zero-order valence-corrected chi connectivity index (χ0v) is 22.2. The lowest BCUT2D eigenvalue weighted by molar-refractivity contribution is -0.128. The molecule has 37 heavy (non-hydrogen) atoms. The van der Waals surface area contributed by atoms with Crippen LogP contribution >= 0.6 is 0 Å². The normalized spacial score (nSPS) is 17.7. The minimum Gasteiger partial charge on any atom is -0.497 e. The molecule has 8 heteroatoms. The van der Waals surface area contributed by atoms with Gasteiger partial charge in [0, 0.05) is 0 Å². The van der Waals surface area contributed by atoms with Crippen LogP contribution in [-0.2, 0) is 27.7 Å². The van der Waals surface area contributed by atoms with Crippen molar-refractivity contribution in [2.75, 3.05) is 18.0 Å². The maximum absolute atomic E-state index is 13.7. The fourth-order valence-corrected chi connectivity index (χ4v) is 6.48. The summed E-state index contributed by atoms with van der Waals surface area (Å²) in [7, 11) is -2.43. The Kier molecular flexibility index (Phi) is 6.86. The smallest absolute Gasteiger partial charge is 0.264 e. The van der Waals surface area contributed by atoms with Crippen LogP contribution in [0.15, 0.2) is 65.6 Å². The van der Waals surface area contributed by atoms with Gasteiger partial charge in [-0.05, 0) is 98.2 Å². The summed E-state index contributed by atoms with van der Waals surface area (Å²) in [6.45, 7) is 3.69. The third-order valence-electron chi connectivity index (χ3n) is 7.16. The van der Waals surface area contributed by atoms with Crippen molar-refractivity contribution in [2.45, 2.75) is 56.6 Å². The highest BCUT2D eigenvalue weighted by atomic mass is 32.2. The standard InChI is InChI=1S/C29H32N2O5S/c1-19-8-15-27-26(16-19)31(37(33,34)25-13-11-24(35-3)12-14-25)18-28(36-27)29(32)30-20(2)22-10-9-21-6-4-5-7-23(21)17-22/h8-17,20,28H,4-7,18H2,1-3H3,(H,30,32)/t20-,28+/m0/s1. The van der Waals surface area contributed by atoms with Gasteiger partial charge in [-0.1, -0.05) is 24.3 Å². The van der Waals surface area contributed by atoms with E-state index < -0.39 is 16.1 Å². The lowest BCUT2D eigenvalue weighted by Gasteiger charge is -2.35. The first-order valence-corrected chi connectivity index (χ1v) is 14.1. The topological polar surface area (TPSA) is 84.9 Å². The first-order chi connectivity index (χ1) is 17.8. The van der Waals surface area contributed by atoms with Gasteiger partial charge >= 0.3 is 0 Å². The van der Waals surface area contributed by atoms with Crippen LogP contribution in [0.3, 0.4) is 0 Å². The summed E-state index contributed by atoms with van der Waals surface area (Å²) in [6, 6.07) is 17.7. The molecule has 2 atom stereocenters. The maximum Gasteiger partial charge on any atom is 0.264 e. The molecule has 0 fully saturated rings. The molecule has 194 valence electrons. The number of carbonyl (C=O) groups is 1. The summed E-state index contributed by atoms with van der Waals surface area (Å²) >= 11 is 0. The molecule has 7 nitrogen and oxygen atoms in total. The summed E-state index contributed by atoms with van der Waals surface area (Å²) < 4.78 is 39.9. The Labute approximate surface area is 218 Å². The fraction of sp³-hybridized carbons (Fsp3) is 0.345. The fourth-order valence-electron chi connectivity index (χ4n) is 5.01. The predicted octanol–water partition coefficient (Wildman–Crippen LogP) is 4.72. The van der Waals surface area contributed by atoms with E-state index in [1.54, 1.807) is 24.3 Å². The number of anilines is 1. The van der Waals surface area contributed by atoms with E-state index in [-0.39, 0.29) is 23.4 Å². The van der Waals surface area contributed by atoms with E-state index in [0.29, 0.717) is 17.2 Å². The molecule has 0 radical (unpaired) electrons. The van der Waals surface area contributed by atoms with Gasteiger partial charge in [0.2, 0.25) is 0 Å². The third-order valence-corrected chi connectivity index (χ3v) is 8.95. The molecule has 2 aliphatic rings. The summed E-state index contributed by atoms with van der Waals surface area (Å²) in [5, 5.41) is 3.04. The number of fused-ring (bicyclic) bond motifs is 2. The van der Waals surface area contributed by atoms with Crippen molar-refractivity contribution in [1.29, 1.82) is 0 Å². The predicted molar refractivity (Wildman–Crippen MR) is 143 cm³/mol. The number of ether oxygens (including phenoxy) is 2. The zero-order chi connectivity index (χ0) is 26.2. The average Bonchev–Trinajstić information content (AvgIpc) is 2.92. The van der Waals surface area contributed by atoms with Gasteiger partial charge in [0.15, 0.2) is 6.10 Å². The molecular formula is C29H32N2O5S. The molecule has 1 heterocycles. The highest BCUT2D eigenvalue weighted by Gasteiger charge is 2.38. The van der Waals surface area contributed by atoms with Crippen molar-refractivity contribution in [2.24, 2.45) is 0 Å². The Morgan fingerprint density at radius 1 is 1.03 bits per heavy atom. The second-order valence-electron chi connectivity index (χ2n) is 9.75. The van der Waals surface area contributed by atoms with Crippen LogP contribution in [0.25, 0.3) is 0 Å². The molecule has 3 aromatic carbocycles. The Bertz CT molecular complexity index is 1420. The molecule has 0 aromatic heterocycles. The Morgan fingerprint density at radius 2 is 1.76 bits per heavy atom. The van der Waals surface area contributed by atoms with Crippen LogP contribution in [0, 0.1) is 6.92 Å². The van der Waals surface area contributed by atoms with Crippen LogP contribution in [0.1, 0.15) is 48.1 Å². The molecule has 1 amide bonds. The van der Waals surface area contributed by atoms with Crippen LogP contribution in [0.5, 0.6) is 11.5 Å². The van der Waals surface area contributed by atoms with Gasteiger partial charge in [0.05, 0.1) is 30.3 Å². The van der Waals surface area contributed by atoms with Crippen molar-refractivity contribution in [3.05, 3.63) is 82.9 Å². The first kappa shape index (κ1) is 25.1. The second-order valence-corrected chi connectivity index (χ2v) is 11.6. The van der Waals surface area contributed by atoms with Crippen molar-refractivity contribution in [3.63, 3.8) is 0 Å². The molecule has 3 aromatic rings. The quantitative estimate of drug-likeness (QED) is 0.509. The number of hydrogen-bond donors (Lipinski definition) is 1. The van der Waals surface area contributed by atoms with E-state index in [0.717, 1.165) is 24.0 Å². The van der Waals surface area contributed by atoms with Crippen LogP contribution in [-0.4, -0.2) is 34.1 Å². The summed E-state index contributed by atoms with van der Waals surface area (Å²) in [5.41, 5.74) is 5.07. The van der Waals surface area contributed by atoms with Crippen molar-refractivity contribution < 1.29 is 22.7 Å². The molecule has 0 saturated carbocycles. The number of carbonyl (C=O) groups excluding carboxylic acids is 1. The third kappa shape index (κ3) is 5.03. The highest BCUT2D eigenvalue weighted by molar-refractivity contribution is 7.92. The van der Waals surface area contributed by atoms with Gasteiger partial charge in [-0.25, -0.2) is 8.42 Å². The van der Waals surface area contributed by atoms with Gasteiger partial charge in [-0.2, -0.15) is 0 Å². The maximum atomic E-state index is 13.7. The van der Waals surface area contributed by atoms with Crippen molar-refractivity contribution in [1.82, 2.24) is 5.32 Å². The number of nitrogens with one attached hydrogen (secondary N) is 1. The monoisotopic (exact) mass is 520 g/mol. The van der Waals surface area contributed by atoms with Gasteiger partial charge in [-0.15, -0.1) is 0 Å². The molecule has 1 aliphatic carbocycles.